The molecule has 1 aromatic heterocycles. The number of allylic oxidation sites excluding steroid dienone is 1. The maximum atomic E-state index is 11.9. The van der Waals surface area contributed by atoms with E-state index in [9.17, 15) is 4.79 Å². The first-order valence-corrected chi connectivity index (χ1v) is 5.58. The summed E-state index contributed by atoms with van der Waals surface area (Å²) in [6.45, 7) is 4.52. The Morgan fingerprint density at radius 2 is 2.24 bits per heavy atom. The van der Waals surface area contributed by atoms with Crippen LogP contribution in [0.1, 0.15) is 20.3 Å². The van der Waals surface area contributed by atoms with E-state index in [1.54, 1.807) is 11.6 Å². The van der Waals surface area contributed by atoms with Crippen LogP contribution in [0.5, 0.6) is 0 Å². The summed E-state index contributed by atoms with van der Waals surface area (Å²) < 4.78 is 6.64. The molecule has 0 N–H and O–H groups in total. The highest BCUT2D eigenvalue weighted by molar-refractivity contribution is 5.90. The third-order valence-electron chi connectivity index (χ3n) is 2.73. The summed E-state index contributed by atoms with van der Waals surface area (Å²) in [4.78, 5) is 13.7. The Kier molecular flexibility index (Phi) is 3.08. The van der Waals surface area contributed by atoms with E-state index in [2.05, 4.69) is 15.5 Å². The number of hydrogen-bond donors (Lipinski definition) is 0. The Balaban J connectivity index is 2.38. The van der Waals surface area contributed by atoms with Gasteiger partial charge in [0.1, 0.15) is 0 Å². The summed E-state index contributed by atoms with van der Waals surface area (Å²) >= 11 is 0. The molecule has 1 aliphatic heterocycles. The van der Waals surface area contributed by atoms with Gasteiger partial charge in [-0.1, -0.05) is 12.0 Å². The minimum absolute atomic E-state index is 0.294. The van der Waals surface area contributed by atoms with Crippen molar-refractivity contribution in [3.63, 3.8) is 0 Å². The lowest BCUT2D eigenvalue weighted by Gasteiger charge is -2.27. The summed E-state index contributed by atoms with van der Waals surface area (Å²) in [6, 6.07) is 0. The summed E-state index contributed by atoms with van der Waals surface area (Å²) in [6.07, 6.45) is 0.734. The molecule has 1 aromatic rings. The quantitative estimate of drug-likeness (QED) is 0.706. The van der Waals surface area contributed by atoms with Gasteiger partial charge in [-0.2, -0.15) is 0 Å². The molecule has 0 saturated carbocycles. The molecule has 0 radical (unpaired) electrons. The van der Waals surface area contributed by atoms with E-state index >= 15 is 0 Å². The Morgan fingerprint density at radius 1 is 1.47 bits per heavy atom. The first-order valence-electron chi connectivity index (χ1n) is 5.58. The van der Waals surface area contributed by atoms with Crippen molar-refractivity contribution in [2.45, 2.75) is 26.8 Å². The molecule has 0 spiro atoms. The van der Waals surface area contributed by atoms with Gasteiger partial charge in [-0.05, 0) is 23.8 Å². The normalized spacial score (nSPS) is 14.9. The zero-order valence-corrected chi connectivity index (χ0v) is 10.2. The van der Waals surface area contributed by atoms with Crippen LogP contribution in [0.25, 0.3) is 0 Å². The van der Waals surface area contributed by atoms with Gasteiger partial charge < -0.3 is 9.64 Å². The molecule has 92 valence electrons. The molecule has 7 nitrogen and oxygen atoms in total. The molecule has 0 saturated heterocycles. The second-order valence-corrected chi connectivity index (χ2v) is 3.69. The summed E-state index contributed by atoms with van der Waals surface area (Å²) in [7, 11) is 1.85. The summed E-state index contributed by atoms with van der Waals surface area (Å²) in [5.74, 6) is 0.354. The lowest BCUT2D eigenvalue weighted by Crippen LogP contribution is -2.31. The second kappa shape index (κ2) is 4.52. The van der Waals surface area contributed by atoms with E-state index in [1.165, 1.54) is 0 Å². The van der Waals surface area contributed by atoms with Crippen LogP contribution in [0.2, 0.25) is 0 Å². The number of tetrazole rings is 1. The van der Waals surface area contributed by atoms with E-state index in [0.29, 0.717) is 24.7 Å². The van der Waals surface area contributed by atoms with Crippen LogP contribution in [0, 0.1) is 0 Å². The highest BCUT2D eigenvalue weighted by Gasteiger charge is 2.28. The molecule has 0 fully saturated rings. The Morgan fingerprint density at radius 3 is 2.88 bits per heavy atom. The van der Waals surface area contributed by atoms with Crippen molar-refractivity contribution in [2.24, 2.45) is 0 Å². The smallest absolute Gasteiger partial charge is 0.337 e. The number of ether oxygens (including phenoxy) is 1. The number of nitrogens with zero attached hydrogens (tertiary/aromatic N) is 5. The zero-order chi connectivity index (χ0) is 12.4. The van der Waals surface area contributed by atoms with Crippen molar-refractivity contribution in [1.82, 2.24) is 20.2 Å². The molecule has 7 heteroatoms. The first kappa shape index (κ1) is 11.6. The van der Waals surface area contributed by atoms with E-state index in [4.69, 9.17) is 4.74 Å². The number of carbonyl (C=O) groups is 1. The topological polar surface area (TPSA) is 73.1 Å². The van der Waals surface area contributed by atoms with Crippen molar-refractivity contribution < 1.29 is 9.53 Å². The zero-order valence-electron chi connectivity index (χ0n) is 10.2. The summed E-state index contributed by atoms with van der Waals surface area (Å²) in [5, 5.41) is 11.4. The van der Waals surface area contributed by atoms with Crippen LogP contribution in [0.3, 0.4) is 0 Å². The molecular formula is C10H15N5O2. The Bertz CT molecular complexity index is 465. The van der Waals surface area contributed by atoms with Crippen LogP contribution in [-0.4, -0.2) is 39.8 Å². The third kappa shape index (κ3) is 1.88. The maximum absolute atomic E-state index is 11.9. The van der Waals surface area contributed by atoms with Crippen molar-refractivity contribution >= 4 is 11.9 Å². The van der Waals surface area contributed by atoms with Crippen molar-refractivity contribution in [3.05, 3.63) is 11.3 Å². The van der Waals surface area contributed by atoms with Crippen molar-refractivity contribution in [1.29, 1.82) is 0 Å². The van der Waals surface area contributed by atoms with E-state index in [0.717, 1.165) is 12.1 Å². The molecule has 1 aliphatic rings. The molecule has 0 amide bonds. The van der Waals surface area contributed by atoms with Crippen LogP contribution >= 0.6 is 0 Å². The molecule has 0 unspecified atom stereocenters. The fourth-order valence-corrected chi connectivity index (χ4v) is 1.96. The monoisotopic (exact) mass is 237 g/mol. The number of aromatic nitrogens is 4. The number of fused-ring (bicyclic) bond motifs is 1. The minimum Gasteiger partial charge on any atom is -0.463 e. The SMILES string of the molecule is CCOC(=O)C1=C(CC)N(C)c2nnnn2C1. The maximum Gasteiger partial charge on any atom is 0.337 e. The number of hydrogen-bond acceptors (Lipinski definition) is 6. The largest absolute Gasteiger partial charge is 0.463 e. The highest BCUT2D eigenvalue weighted by Crippen LogP contribution is 2.26. The fourth-order valence-electron chi connectivity index (χ4n) is 1.96. The molecule has 17 heavy (non-hydrogen) atoms. The van der Waals surface area contributed by atoms with Crippen LogP contribution in [0.15, 0.2) is 11.3 Å². The lowest BCUT2D eigenvalue weighted by molar-refractivity contribution is -0.138. The molecule has 0 aliphatic carbocycles. The first-order chi connectivity index (χ1) is 8.19. The lowest BCUT2D eigenvalue weighted by atomic mass is 10.1. The third-order valence-corrected chi connectivity index (χ3v) is 2.73. The number of anilines is 1. The van der Waals surface area contributed by atoms with Gasteiger partial charge in [-0.25, -0.2) is 9.48 Å². The molecule has 2 rings (SSSR count). The summed E-state index contributed by atoms with van der Waals surface area (Å²) in [5.41, 5.74) is 1.53. The predicted octanol–water partition coefficient (Wildman–Crippen LogP) is 0.350. The van der Waals surface area contributed by atoms with Crippen LogP contribution < -0.4 is 4.90 Å². The van der Waals surface area contributed by atoms with Crippen molar-refractivity contribution in [3.8, 4) is 0 Å². The van der Waals surface area contributed by atoms with Gasteiger partial charge >= 0.3 is 5.97 Å². The highest BCUT2D eigenvalue weighted by atomic mass is 16.5. The molecule has 0 aromatic carbocycles. The number of rotatable bonds is 3. The average molecular weight is 237 g/mol. The number of esters is 1. The molecule has 2 heterocycles. The van der Waals surface area contributed by atoms with Gasteiger partial charge in [0.15, 0.2) is 0 Å². The van der Waals surface area contributed by atoms with Crippen LogP contribution in [0.4, 0.5) is 5.95 Å². The number of carbonyl (C=O) groups excluding carboxylic acids is 1. The molecular weight excluding hydrogens is 222 g/mol. The Labute approximate surface area is 99.0 Å². The second-order valence-electron chi connectivity index (χ2n) is 3.69. The van der Waals surface area contributed by atoms with Crippen LogP contribution in [-0.2, 0) is 16.1 Å². The van der Waals surface area contributed by atoms with E-state index in [-0.39, 0.29) is 5.97 Å². The van der Waals surface area contributed by atoms with Gasteiger partial charge in [0.05, 0.1) is 18.7 Å². The predicted molar refractivity (Wildman–Crippen MR) is 60.2 cm³/mol. The van der Waals surface area contributed by atoms with Crippen molar-refractivity contribution in [2.75, 3.05) is 18.6 Å². The van der Waals surface area contributed by atoms with Gasteiger partial charge in [-0.3, -0.25) is 0 Å². The average Bonchev–Trinajstić information content (AvgIpc) is 2.77. The van der Waals surface area contributed by atoms with E-state index < -0.39 is 0 Å². The van der Waals surface area contributed by atoms with Gasteiger partial charge in [-0.15, -0.1) is 0 Å². The minimum atomic E-state index is -0.294. The van der Waals surface area contributed by atoms with Gasteiger partial charge in [0, 0.05) is 12.7 Å². The standard InChI is InChI=1S/C10H15N5O2/c1-4-8-7(9(16)17-5-2)6-15-10(14(8)3)11-12-13-15/h4-6H2,1-3H3. The fraction of sp³-hybridized carbons (Fsp3) is 0.600. The molecule has 0 atom stereocenters. The molecule has 0 bridgehead atoms. The van der Waals surface area contributed by atoms with E-state index in [1.807, 2.05) is 18.9 Å². The van der Waals surface area contributed by atoms with Gasteiger partial charge in [0.25, 0.3) is 0 Å². The van der Waals surface area contributed by atoms with Gasteiger partial charge in [0.2, 0.25) is 5.95 Å². The Hall–Kier alpha value is -1.92.